The second kappa shape index (κ2) is 44.2. The van der Waals surface area contributed by atoms with Crippen molar-refractivity contribution in [3.05, 3.63) is 0 Å². The van der Waals surface area contributed by atoms with Gasteiger partial charge in [-0.15, -0.1) is 0 Å². The fraction of sp³-hybridized carbons (Fsp3) is 1.00. The van der Waals surface area contributed by atoms with Crippen LogP contribution in [0.2, 0.25) is 0 Å². The predicted octanol–water partition coefficient (Wildman–Crippen LogP) is 8.54. The van der Waals surface area contributed by atoms with Crippen LogP contribution in [0.25, 0.3) is 0 Å². The molecule has 0 aliphatic heterocycles. The Morgan fingerprint density at radius 1 is 0.304 bits per heavy atom. The molecule has 0 saturated heterocycles. The van der Waals surface area contributed by atoms with Gasteiger partial charge >= 0.3 is 0 Å². The first-order chi connectivity index (χ1) is 27.4. The molecule has 4 unspecified atom stereocenters. The van der Waals surface area contributed by atoms with Crippen LogP contribution in [-0.2, 0) is 18.9 Å². The smallest absolute Gasteiger partial charge is 0.0900 e. The van der Waals surface area contributed by atoms with Gasteiger partial charge in [0.25, 0.3) is 0 Å². The maximum atomic E-state index is 11.0. The van der Waals surface area contributed by atoms with Crippen molar-refractivity contribution in [3.8, 4) is 0 Å². The number of unbranched alkanes of at least 4 members (excludes halogenated alkanes) is 20. The summed E-state index contributed by atoms with van der Waals surface area (Å²) in [5.41, 5.74) is 0. The molecule has 0 aromatic carbocycles. The molecule has 4 N–H and O–H groups in total. The van der Waals surface area contributed by atoms with Gasteiger partial charge in [0.1, 0.15) is 0 Å². The highest BCUT2D eigenvalue weighted by Gasteiger charge is 2.21. The van der Waals surface area contributed by atoms with Crippen LogP contribution >= 0.6 is 0 Å². The zero-order valence-electron chi connectivity index (χ0n) is 37.5. The molecule has 0 bridgehead atoms. The topological polar surface area (TPSA) is 124 Å². The Hall–Kier alpha value is -0.400. The van der Waals surface area contributed by atoms with Crippen molar-refractivity contribution in [1.29, 1.82) is 0 Å². The molecule has 0 saturated carbocycles. The van der Waals surface area contributed by atoms with Gasteiger partial charge in [0, 0.05) is 65.7 Å². The van der Waals surface area contributed by atoms with Gasteiger partial charge < -0.3 is 39.4 Å². The molecule has 0 radical (unpaired) electrons. The standard InChI is InChI=1S/C46H96N2O8/c1-5-9-13-17-21-25-31-53-39-43(49)35-47(36-44(50)40-54-32-26-22-18-14-10-6-2)29-30-48(37-45(51)41-55-33-27-23-19-15-11-7-3)38-46(52)42-56-34-28-24-20-16-12-8-4/h43-46,49-52H,5-42H2,1-4H3. The van der Waals surface area contributed by atoms with E-state index < -0.39 is 24.4 Å². The van der Waals surface area contributed by atoms with Crippen LogP contribution in [0.5, 0.6) is 0 Å². The van der Waals surface area contributed by atoms with Gasteiger partial charge in [-0.25, -0.2) is 0 Å². The van der Waals surface area contributed by atoms with Gasteiger partial charge in [-0.05, 0) is 25.7 Å². The molecule has 10 heteroatoms. The van der Waals surface area contributed by atoms with E-state index in [1.54, 1.807) is 0 Å². The van der Waals surface area contributed by atoms with E-state index in [-0.39, 0.29) is 26.4 Å². The van der Waals surface area contributed by atoms with E-state index in [0.29, 0.717) is 65.7 Å². The Bertz CT molecular complexity index is 638. The van der Waals surface area contributed by atoms with Crippen LogP contribution in [0.15, 0.2) is 0 Å². The van der Waals surface area contributed by atoms with Crippen molar-refractivity contribution < 1.29 is 39.4 Å². The summed E-state index contributed by atoms with van der Waals surface area (Å²) in [5.74, 6) is 0. The molecule has 0 aromatic heterocycles. The number of hydrogen-bond donors (Lipinski definition) is 4. The van der Waals surface area contributed by atoms with Crippen LogP contribution in [0.1, 0.15) is 182 Å². The number of aliphatic hydroxyl groups is 4. The second-order valence-corrected chi connectivity index (χ2v) is 16.5. The average molecular weight is 805 g/mol. The number of rotatable bonds is 47. The first kappa shape index (κ1) is 55.6. The molecule has 0 aliphatic rings. The maximum absolute atomic E-state index is 11.0. The number of nitrogens with zero attached hydrogens (tertiary/aromatic N) is 2. The largest absolute Gasteiger partial charge is 0.389 e. The number of aliphatic hydroxyl groups excluding tert-OH is 4. The fourth-order valence-electron chi connectivity index (χ4n) is 7.02. The molecule has 0 amide bonds. The van der Waals surface area contributed by atoms with Crippen molar-refractivity contribution in [1.82, 2.24) is 9.80 Å². The lowest BCUT2D eigenvalue weighted by atomic mass is 10.1. The quantitative estimate of drug-likeness (QED) is 0.0445. The van der Waals surface area contributed by atoms with E-state index in [1.165, 1.54) is 103 Å². The van der Waals surface area contributed by atoms with Gasteiger partial charge in [0.2, 0.25) is 0 Å². The van der Waals surface area contributed by atoms with E-state index in [9.17, 15) is 20.4 Å². The Morgan fingerprint density at radius 3 is 0.714 bits per heavy atom. The Balaban J connectivity index is 5.22. The lowest BCUT2D eigenvalue weighted by Gasteiger charge is -2.32. The number of hydrogen-bond acceptors (Lipinski definition) is 10. The van der Waals surface area contributed by atoms with E-state index in [0.717, 1.165) is 51.4 Å². The van der Waals surface area contributed by atoms with Crippen molar-refractivity contribution in [2.45, 2.75) is 206 Å². The lowest BCUT2D eigenvalue weighted by molar-refractivity contribution is -0.0244. The van der Waals surface area contributed by atoms with E-state index in [2.05, 4.69) is 37.5 Å². The average Bonchev–Trinajstić information content (AvgIpc) is 3.17. The Kier molecular flexibility index (Phi) is 43.8. The lowest BCUT2D eigenvalue weighted by Crippen LogP contribution is -2.47. The summed E-state index contributed by atoms with van der Waals surface area (Å²) in [7, 11) is 0. The summed E-state index contributed by atoms with van der Waals surface area (Å²) in [5, 5.41) is 44.0. The third-order valence-electron chi connectivity index (χ3n) is 10.4. The van der Waals surface area contributed by atoms with Crippen LogP contribution in [0.4, 0.5) is 0 Å². The van der Waals surface area contributed by atoms with Gasteiger partial charge in [0.05, 0.1) is 50.8 Å². The molecule has 0 aliphatic carbocycles. The third kappa shape index (κ3) is 40.4. The van der Waals surface area contributed by atoms with Crippen molar-refractivity contribution in [2.24, 2.45) is 0 Å². The maximum Gasteiger partial charge on any atom is 0.0900 e. The summed E-state index contributed by atoms with van der Waals surface area (Å²) in [4.78, 5) is 4.13. The fourth-order valence-corrected chi connectivity index (χ4v) is 7.02. The molecule has 4 atom stereocenters. The highest BCUT2D eigenvalue weighted by atomic mass is 16.5. The summed E-state index contributed by atoms with van der Waals surface area (Å²) in [6, 6.07) is 0. The van der Waals surface area contributed by atoms with Crippen LogP contribution in [0.3, 0.4) is 0 Å². The van der Waals surface area contributed by atoms with E-state index >= 15 is 0 Å². The molecule has 0 aromatic rings. The molecule has 0 fully saturated rings. The van der Waals surface area contributed by atoms with E-state index in [1.807, 2.05) is 0 Å². The van der Waals surface area contributed by atoms with Crippen LogP contribution < -0.4 is 0 Å². The molecule has 0 spiro atoms. The molecular weight excluding hydrogens is 709 g/mol. The minimum atomic E-state index is -0.693. The molecule has 56 heavy (non-hydrogen) atoms. The van der Waals surface area contributed by atoms with Crippen LogP contribution in [-0.4, -0.2) is 147 Å². The monoisotopic (exact) mass is 805 g/mol. The third-order valence-corrected chi connectivity index (χ3v) is 10.4. The van der Waals surface area contributed by atoms with Crippen LogP contribution in [0, 0.1) is 0 Å². The molecule has 0 rings (SSSR count). The minimum Gasteiger partial charge on any atom is -0.389 e. The molecular formula is C46H96N2O8. The zero-order chi connectivity index (χ0) is 41.2. The predicted molar refractivity (Wildman–Crippen MR) is 234 cm³/mol. The molecule has 10 nitrogen and oxygen atoms in total. The summed E-state index contributed by atoms with van der Waals surface area (Å²) in [6.07, 6.45) is 25.8. The van der Waals surface area contributed by atoms with Crippen molar-refractivity contribution in [2.75, 3.05) is 92.1 Å². The number of ether oxygens (including phenoxy) is 4. The van der Waals surface area contributed by atoms with Gasteiger partial charge in [-0.2, -0.15) is 0 Å². The van der Waals surface area contributed by atoms with Gasteiger partial charge in [0.15, 0.2) is 0 Å². The first-order valence-corrected chi connectivity index (χ1v) is 23.8. The zero-order valence-corrected chi connectivity index (χ0v) is 37.5. The highest BCUT2D eigenvalue weighted by molar-refractivity contribution is 4.74. The molecule has 0 heterocycles. The summed E-state index contributed by atoms with van der Waals surface area (Å²) < 4.78 is 23.4. The summed E-state index contributed by atoms with van der Waals surface area (Å²) >= 11 is 0. The van der Waals surface area contributed by atoms with Crippen molar-refractivity contribution in [3.63, 3.8) is 0 Å². The van der Waals surface area contributed by atoms with Gasteiger partial charge in [-0.1, -0.05) is 156 Å². The summed E-state index contributed by atoms with van der Waals surface area (Å²) in [6.45, 7) is 15.0. The Labute approximate surface area is 346 Å². The van der Waals surface area contributed by atoms with Crippen molar-refractivity contribution >= 4 is 0 Å². The highest BCUT2D eigenvalue weighted by Crippen LogP contribution is 2.10. The first-order valence-electron chi connectivity index (χ1n) is 23.8. The van der Waals surface area contributed by atoms with E-state index in [4.69, 9.17) is 18.9 Å². The van der Waals surface area contributed by atoms with Gasteiger partial charge in [-0.3, -0.25) is 9.80 Å². The SMILES string of the molecule is CCCCCCCCOCC(O)CN(CCN(CC(O)COCCCCCCCC)CC(O)COCCCCCCCC)CC(O)COCCCCCCCC. The normalized spacial score (nSPS) is 14.2. The molecule has 338 valence electrons. The second-order valence-electron chi connectivity index (χ2n) is 16.5. The Morgan fingerprint density at radius 2 is 0.500 bits per heavy atom. The minimum absolute atomic E-state index is 0.253.